The van der Waals surface area contributed by atoms with Gasteiger partial charge in [0.25, 0.3) is 5.91 Å². The molecule has 0 saturated carbocycles. The summed E-state index contributed by atoms with van der Waals surface area (Å²) in [5.41, 5.74) is 5.68. The molecule has 0 aliphatic heterocycles. The summed E-state index contributed by atoms with van der Waals surface area (Å²) < 4.78 is 1.91. The van der Waals surface area contributed by atoms with Gasteiger partial charge in [-0.15, -0.1) is 10.2 Å². The van der Waals surface area contributed by atoms with Crippen molar-refractivity contribution in [2.45, 2.75) is 12.1 Å². The molecule has 34 heavy (non-hydrogen) atoms. The molecule has 4 aromatic rings. The maximum atomic E-state index is 12.5. The lowest BCUT2D eigenvalue weighted by atomic mass is 10.1. The lowest BCUT2D eigenvalue weighted by Gasteiger charge is -2.10. The highest BCUT2D eigenvalue weighted by Gasteiger charge is 2.17. The van der Waals surface area contributed by atoms with Gasteiger partial charge in [0.1, 0.15) is 0 Å². The molecule has 0 fully saturated rings. The predicted molar refractivity (Wildman–Crippen MR) is 139 cm³/mol. The number of thioether (sulfide) groups is 1. The van der Waals surface area contributed by atoms with E-state index in [1.54, 1.807) is 37.3 Å². The van der Waals surface area contributed by atoms with Crippen molar-refractivity contribution in [2.24, 2.45) is 5.10 Å². The molecular formula is C24H18Cl3N5OS. The molecule has 172 valence electrons. The fourth-order valence-corrected chi connectivity index (χ4v) is 4.22. The van der Waals surface area contributed by atoms with Crippen LogP contribution in [0.3, 0.4) is 0 Å². The van der Waals surface area contributed by atoms with Crippen LogP contribution in [0.15, 0.2) is 83.1 Å². The van der Waals surface area contributed by atoms with Crippen molar-refractivity contribution >= 4 is 58.2 Å². The van der Waals surface area contributed by atoms with Crippen molar-refractivity contribution in [3.05, 3.63) is 93.4 Å². The Kier molecular flexibility index (Phi) is 7.90. The Morgan fingerprint density at radius 3 is 2.41 bits per heavy atom. The second kappa shape index (κ2) is 11.1. The van der Waals surface area contributed by atoms with Crippen LogP contribution in [0.1, 0.15) is 12.5 Å². The second-order valence-corrected chi connectivity index (χ2v) is 9.33. The van der Waals surface area contributed by atoms with Crippen molar-refractivity contribution in [1.29, 1.82) is 0 Å². The topological polar surface area (TPSA) is 72.2 Å². The molecule has 0 spiro atoms. The average molecular weight is 531 g/mol. The van der Waals surface area contributed by atoms with Gasteiger partial charge in [-0.05, 0) is 61.0 Å². The maximum Gasteiger partial charge on any atom is 0.250 e. The first-order valence-electron chi connectivity index (χ1n) is 10.1. The first-order valence-corrected chi connectivity index (χ1v) is 12.2. The van der Waals surface area contributed by atoms with Crippen LogP contribution in [-0.2, 0) is 4.79 Å². The molecule has 0 bridgehead atoms. The number of hydrazone groups is 1. The number of hydrogen-bond donors (Lipinski definition) is 1. The summed E-state index contributed by atoms with van der Waals surface area (Å²) in [6.45, 7) is 1.78. The number of carbonyl (C=O) groups excluding carboxylic acids is 1. The van der Waals surface area contributed by atoms with Crippen LogP contribution in [0.4, 0.5) is 0 Å². The standard InChI is InChI=1S/C24H18Cl3N5OS/c1-15(17-9-12-20(26)21(27)13-17)28-29-22(33)14-34-24-31-30-23(16-7-10-18(25)11-8-16)32(24)19-5-3-2-4-6-19/h2-13H,14H2,1H3,(H,29,33)/b28-15+. The van der Waals surface area contributed by atoms with Crippen LogP contribution in [0, 0.1) is 0 Å². The third-order valence-electron chi connectivity index (χ3n) is 4.77. The minimum Gasteiger partial charge on any atom is -0.272 e. The van der Waals surface area contributed by atoms with E-state index in [1.807, 2.05) is 47.0 Å². The Bertz CT molecular complexity index is 1340. The SMILES string of the molecule is C/C(=N\NC(=O)CSc1nnc(-c2ccc(Cl)cc2)n1-c1ccccc1)c1ccc(Cl)c(Cl)c1. The molecule has 0 aliphatic carbocycles. The molecule has 10 heteroatoms. The third-order valence-corrected chi connectivity index (χ3v) is 6.69. The molecule has 4 rings (SSSR count). The lowest BCUT2D eigenvalue weighted by molar-refractivity contribution is -0.118. The fraction of sp³-hybridized carbons (Fsp3) is 0.0833. The van der Waals surface area contributed by atoms with E-state index in [0.717, 1.165) is 16.8 Å². The summed E-state index contributed by atoms with van der Waals surface area (Å²) in [4.78, 5) is 12.5. The van der Waals surface area contributed by atoms with Crippen molar-refractivity contribution in [3.8, 4) is 17.1 Å². The smallest absolute Gasteiger partial charge is 0.250 e. The zero-order valence-corrected chi connectivity index (χ0v) is 21.0. The summed E-state index contributed by atoms with van der Waals surface area (Å²) in [5, 5.41) is 15.0. The van der Waals surface area contributed by atoms with Gasteiger partial charge in [-0.1, -0.05) is 70.8 Å². The predicted octanol–water partition coefficient (Wildman–Crippen LogP) is 6.53. The number of amides is 1. The first-order chi connectivity index (χ1) is 16.4. The van der Waals surface area contributed by atoms with E-state index in [0.29, 0.717) is 31.8 Å². The quantitative estimate of drug-likeness (QED) is 0.168. The first kappa shape index (κ1) is 24.3. The van der Waals surface area contributed by atoms with E-state index >= 15 is 0 Å². The molecule has 3 aromatic carbocycles. The van der Waals surface area contributed by atoms with E-state index in [-0.39, 0.29) is 11.7 Å². The van der Waals surface area contributed by atoms with Crippen molar-refractivity contribution in [3.63, 3.8) is 0 Å². The number of benzene rings is 3. The van der Waals surface area contributed by atoms with Gasteiger partial charge in [0.2, 0.25) is 0 Å². The van der Waals surface area contributed by atoms with Gasteiger partial charge in [0.15, 0.2) is 11.0 Å². The second-order valence-electron chi connectivity index (χ2n) is 7.13. The molecule has 0 unspecified atom stereocenters. The summed E-state index contributed by atoms with van der Waals surface area (Å²) >= 11 is 19.3. The van der Waals surface area contributed by atoms with Gasteiger partial charge in [-0.3, -0.25) is 9.36 Å². The molecule has 0 aliphatic rings. The number of nitrogens with zero attached hydrogens (tertiary/aromatic N) is 4. The molecular weight excluding hydrogens is 513 g/mol. The molecule has 0 saturated heterocycles. The van der Waals surface area contributed by atoms with Crippen LogP contribution >= 0.6 is 46.6 Å². The molecule has 6 nitrogen and oxygen atoms in total. The summed E-state index contributed by atoms with van der Waals surface area (Å²) in [6.07, 6.45) is 0. The van der Waals surface area contributed by atoms with E-state index in [1.165, 1.54) is 11.8 Å². The van der Waals surface area contributed by atoms with Crippen LogP contribution in [0.5, 0.6) is 0 Å². The van der Waals surface area contributed by atoms with Crippen molar-refractivity contribution in [2.75, 3.05) is 5.75 Å². The van der Waals surface area contributed by atoms with Crippen LogP contribution in [-0.4, -0.2) is 32.1 Å². The number of aromatic nitrogens is 3. The highest BCUT2D eigenvalue weighted by Crippen LogP contribution is 2.28. The molecule has 1 N–H and O–H groups in total. The van der Waals surface area contributed by atoms with Crippen molar-refractivity contribution < 1.29 is 4.79 Å². The molecule has 0 atom stereocenters. The Hall–Kier alpha value is -2.84. The minimum atomic E-state index is -0.278. The molecule has 1 amide bonds. The summed E-state index contributed by atoms with van der Waals surface area (Å²) in [6, 6.07) is 22.3. The largest absolute Gasteiger partial charge is 0.272 e. The zero-order valence-electron chi connectivity index (χ0n) is 17.9. The van der Waals surface area contributed by atoms with E-state index in [2.05, 4.69) is 20.7 Å². The van der Waals surface area contributed by atoms with Gasteiger partial charge < -0.3 is 0 Å². The Labute approximate surface area is 215 Å². The number of para-hydroxylation sites is 1. The molecule has 1 heterocycles. The van der Waals surface area contributed by atoms with Gasteiger partial charge in [-0.2, -0.15) is 5.10 Å². The number of carbonyl (C=O) groups is 1. The average Bonchev–Trinajstić information content (AvgIpc) is 3.28. The Morgan fingerprint density at radius 2 is 1.71 bits per heavy atom. The summed E-state index contributed by atoms with van der Waals surface area (Å²) in [5.74, 6) is 0.475. The maximum absolute atomic E-state index is 12.5. The molecule has 1 aromatic heterocycles. The van der Waals surface area contributed by atoms with E-state index in [4.69, 9.17) is 34.8 Å². The van der Waals surface area contributed by atoms with E-state index in [9.17, 15) is 4.79 Å². The Morgan fingerprint density at radius 1 is 0.971 bits per heavy atom. The van der Waals surface area contributed by atoms with Gasteiger partial charge in [-0.25, -0.2) is 5.43 Å². The van der Waals surface area contributed by atoms with Gasteiger partial charge >= 0.3 is 0 Å². The number of halogens is 3. The number of nitrogens with one attached hydrogen (secondary N) is 1. The highest BCUT2D eigenvalue weighted by molar-refractivity contribution is 7.99. The van der Waals surface area contributed by atoms with Crippen molar-refractivity contribution in [1.82, 2.24) is 20.2 Å². The van der Waals surface area contributed by atoms with E-state index < -0.39 is 0 Å². The zero-order chi connectivity index (χ0) is 24.1. The monoisotopic (exact) mass is 529 g/mol. The fourth-order valence-electron chi connectivity index (χ4n) is 3.05. The van der Waals surface area contributed by atoms with Crippen LogP contribution < -0.4 is 5.43 Å². The van der Waals surface area contributed by atoms with Crippen LogP contribution in [0.2, 0.25) is 15.1 Å². The third kappa shape index (κ3) is 5.80. The number of hydrogen-bond acceptors (Lipinski definition) is 5. The summed E-state index contributed by atoms with van der Waals surface area (Å²) in [7, 11) is 0. The highest BCUT2D eigenvalue weighted by atomic mass is 35.5. The number of rotatable bonds is 7. The van der Waals surface area contributed by atoms with Gasteiger partial charge in [0.05, 0.1) is 21.5 Å². The Balaban J connectivity index is 1.51. The van der Waals surface area contributed by atoms with Crippen LogP contribution in [0.25, 0.3) is 17.1 Å². The lowest BCUT2D eigenvalue weighted by Crippen LogP contribution is -2.21. The normalized spacial score (nSPS) is 11.5. The van der Waals surface area contributed by atoms with Gasteiger partial charge in [0, 0.05) is 16.3 Å². The molecule has 0 radical (unpaired) electrons. The minimum absolute atomic E-state index is 0.101.